The number of rotatable bonds is 4. The van der Waals surface area contributed by atoms with Crippen LogP contribution in [0.25, 0.3) is 0 Å². The smallest absolute Gasteiger partial charge is 0.128 e. The molecule has 0 unspecified atom stereocenters. The van der Waals surface area contributed by atoms with Crippen LogP contribution in [0, 0.1) is 5.92 Å². The highest BCUT2D eigenvalue weighted by molar-refractivity contribution is 5.41. The molecule has 0 radical (unpaired) electrons. The zero-order valence-electron chi connectivity index (χ0n) is 10.8. The van der Waals surface area contributed by atoms with Crippen LogP contribution in [0.5, 0.6) is 0 Å². The SMILES string of the molecule is Nc1ncccc1[C@H](CC1CC1)N1CCNCC1. The van der Waals surface area contributed by atoms with E-state index in [1.165, 1.54) is 24.8 Å². The van der Waals surface area contributed by atoms with Crippen molar-refractivity contribution >= 4 is 5.82 Å². The predicted octanol–water partition coefficient (Wildman–Crippen LogP) is 1.41. The highest BCUT2D eigenvalue weighted by Crippen LogP contribution is 2.41. The van der Waals surface area contributed by atoms with Gasteiger partial charge >= 0.3 is 0 Å². The van der Waals surface area contributed by atoms with Crippen molar-refractivity contribution in [2.45, 2.75) is 25.3 Å². The molecule has 1 atom stereocenters. The van der Waals surface area contributed by atoms with E-state index >= 15 is 0 Å². The van der Waals surface area contributed by atoms with Gasteiger partial charge in [0.25, 0.3) is 0 Å². The van der Waals surface area contributed by atoms with Crippen molar-refractivity contribution in [1.29, 1.82) is 0 Å². The number of hydrogen-bond donors (Lipinski definition) is 2. The van der Waals surface area contributed by atoms with Gasteiger partial charge in [0.2, 0.25) is 0 Å². The van der Waals surface area contributed by atoms with Crippen LogP contribution >= 0.6 is 0 Å². The maximum absolute atomic E-state index is 6.07. The molecule has 98 valence electrons. The minimum atomic E-state index is 0.466. The van der Waals surface area contributed by atoms with Gasteiger partial charge in [-0.05, 0) is 18.4 Å². The molecule has 4 heteroatoms. The molecule has 3 N–H and O–H groups in total. The molecule has 2 fully saturated rings. The molecule has 0 amide bonds. The molecule has 3 rings (SSSR count). The van der Waals surface area contributed by atoms with E-state index in [9.17, 15) is 0 Å². The van der Waals surface area contributed by atoms with Crippen LogP contribution < -0.4 is 11.1 Å². The molecule has 1 aliphatic carbocycles. The Labute approximate surface area is 109 Å². The van der Waals surface area contributed by atoms with Gasteiger partial charge in [-0.25, -0.2) is 4.98 Å². The molecular formula is C14H22N4. The molecule has 1 aromatic heterocycles. The Kier molecular flexibility index (Phi) is 3.48. The van der Waals surface area contributed by atoms with E-state index in [0.29, 0.717) is 11.9 Å². The normalized spacial score (nSPS) is 22.9. The molecule has 1 aliphatic heterocycles. The summed E-state index contributed by atoms with van der Waals surface area (Å²) in [7, 11) is 0. The van der Waals surface area contributed by atoms with E-state index in [2.05, 4.69) is 21.3 Å². The van der Waals surface area contributed by atoms with Gasteiger partial charge in [0, 0.05) is 44.0 Å². The fourth-order valence-corrected chi connectivity index (χ4v) is 2.85. The van der Waals surface area contributed by atoms with E-state index in [4.69, 9.17) is 5.73 Å². The summed E-state index contributed by atoms with van der Waals surface area (Å²) < 4.78 is 0. The van der Waals surface area contributed by atoms with E-state index in [1.807, 2.05) is 6.07 Å². The summed E-state index contributed by atoms with van der Waals surface area (Å²) in [6.45, 7) is 4.40. The number of nitrogens with two attached hydrogens (primary N) is 1. The molecular weight excluding hydrogens is 224 g/mol. The fraction of sp³-hybridized carbons (Fsp3) is 0.643. The molecule has 1 saturated carbocycles. The summed E-state index contributed by atoms with van der Waals surface area (Å²) in [4.78, 5) is 6.83. The van der Waals surface area contributed by atoms with Crippen molar-refractivity contribution in [3.8, 4) is 0 Å². The number of aromatic nitrogens is 1. The van der Waals surface area contributed by atoms with E-state index in [0.717, 1.165) is 32.1 Å². The monoisotopic (exact) mass is 246 g/mol. The fourth-order valence-electron chi connectivity index (χ4n) is 2.85. The van der Waals surface area contributed by atoms with Gasteiger partial charge in [-0.15, -0.1) is 0 Å². The second-order valence-corrected chi connectivity index (χ2v) is 5.46. The molecule has 18 heavy (non-hydrogen) atoms. The minimum Gasteiger partial charge on any atom is -0.383 e. The molecule has 1 aromatic rings. The first kappa shape index (κ1) is 11.9. The van der Waals surface area contributed by atoms with Crippen LogP contribution in [0.3, 0.4) is 0 Å². The van der Waals surface area contributed by atoms with Crippen molar-refractivity contribution in [1.82, 2.24) is 15.2 Å². The quantitative estimate of drug-likeness (QED) is 0.843. The van der Waals surface area contributed by atoms with Gasteiger partial charge < -0.3 is 11.1 Å². The second kappa shape index (κ2) is 5.24. The topological polar surface area (TPSA) is 54.2 Å². The summed E-state index contributed by atoms with van der Waals surface area (Å²) in [5.74, 6) is 1.62. The van der Waals surface area contributed by atoms with Crippen LogP contribution in [-0.2, 0) is 0 Å². The summed E-state index contributed by atoms with van der Waals surface area (Å²) in [5, 5.41) is 3.42. The van der Waals surface area contributed by atoms with Gasteiger partial charge in [-0.2, -0.15) is 0 Å². The highest BCUT2D eigenvalue weighted by atomic mass is 15.2. The maximum atomic E-state index is 6.07. The Morgan fingerprint density at radius 2 is 2.17 bits per heavy atom. The van der Waals surface area contributed by atoms with Crippen LogP contribution in [0.1, 0.15) is 30.9 Å². The lowest BCUT2D eigenvalue weighted by molar-refractivity contribution is 0.161. The number of nitrogen functional groups attached to an aromatic ring is 1. The first-order valence-corrected chi connectivity index (χ1v) is 7.00. The third kappa shape index (κ3) is 2.65. The number of hydrogen-bond acceptors (Lipinski definition) is 4. The van der Waals surface area contributed by atoms with Gasteiger partial charge in [-0.3, -0.25) is 4.90 Å². The molecule has 4 nitrogen and oxygen atoms in total. The number of nitrogens with one attached hydrogen (secondary N) is 1. The van der Waals surface area contributed by atoms with E-state index in [1.54, 1.807) is 6.20 Å². The Hall–Kier alpha value is -1.13. The van der Waals surface area contributed by atoms with Crippen LogP contribution in [0.15, 0.2) is 18.3 Å². The Morgan fingerprint density at radius 1 is 1.39 bits per heavy atom. The zero-order chi connectivity index (χ0) is 12.4. The molecule has 2 heterocycles. The minimum absolute atomic E-state index is 0.466. The summed E-state index contributed by atoms with van der Waals surface area (Å²) in [5.41, 5.74) is 7.30. The van der Waals surface area contributed by atoms with Crippen molar-refractivity contribution in [2.75, 3.05) is 31.9 Å². The average Bonchev–Trinajstić information content (AvgIpc) is 3.22. The van der Waals surface area contributed by atoms with Gasteiger partial charge in [0.1, 0.15) is 5.82 Å². The molecule has 0 bridgehead atoms. The molecule has 0 spiro atoms. The first-order chi connectivity index (χ1) is 8.84. The predicted molar refractivity (Wildman–Crippen MR) is 73.2 cm³/mol. The lowest BCUT2D eigenvalue weighted by Gasteiger charge is -2.35. The number of piperazine rings is 1. The van der Waals surface area contributed by atoms with Crippen molar-refractivity contribution in [3.05, 3.63) is 23.9 Å². The van der Waals surface area contributed by atoms with Crippen molar-refractivity contribution < 1.29 is 0 Å². The molecule has 0 aromatic carbocycles. The van der Waals surface area contributed by atoms with E-state index < -0.39 is 0 Å². The van der Waals surface area contributed by atoms with Gasteiger partial charge in [0.15, 0.2) is 0 Å². The third-order valence-corrected chi connectivity index (χ3v) is 4.08. The Balaban J connectivity index is 1.81. The van der Waals surface area contributed by atoms with Crippen molar-refractivity contribution in [3.63, 3.8) is 0 Å². The number of anilines is 1. The van der Waals surface area contributed by atoms with Crippen molar-refractivity contribution in [2.24, 2.45) is 5.92 Å². The first-order valence-electron chi connectivity index (χ1n) is 7.00. The zero-order valence-corrected chi connectivity index (χ0v) is 10.8. The van der Waals surface area contributed by atoms with Gasteiger partial charge in [-0.1, -0.05) is 18.9 Å². The van der Waals surface area contributed by atoms with Crippen LogP contribution in [0.4, 0.5) is 5.82 Å². The molecule has 1 saturated heterocycles. The summed E-state index contributed by atoms with van der Waals surface area (Å²) in [6.07, 6.45) is 5.81. The Morgan fingerprint density at radius 3 is 2.83 bits per heavy atom. The highest BCUT2D eigenvalue weighted by Gasteiger charge is 2.31. The summed E-state index contributed by atoms with van der Waals surface area (Å²) >= 11 is 0. The third-order valence-electron chi connectivity index (χ3n) is 4.08. The standard InChI is InChI=1S/C14H22N4/c15-14-12(2-1-5-17-14)13(10-11-3-4-11)18-8-6-16-7-9-18/h1-2,5,11,13,16H,3-4,6-10H2,(H2,15,17)/t13-/m0/s1. The maximum Gasteiger partial charge on any atom is 0.128 e. The lowest BCUT2D eigenvalue weighted by atomic mass is 9.99. The number of pyridine rings is 1. The van der Waals surface area contributed by atoms with Crippen LogP contribution in [-0.4, -0.2) is 36.1 Å². The second-order valence-electron chi connectivity index (χ2n) is 5.46. The lowest BCUT2D eigenvalue weighted by Crippen LogP contribution is -2.45. The van der Waals surface area contributed by atoms with E-state index in [-0.39, 0.29) is 0 Å². The number of nitrogens with zero attached hydrogens (tertiary/aromatic N) is 2. The summed E-state index contributed by atoms with van der Waals surface area (Å²) in [6, 6.07) is 4.62. The van der Waals surface area contributed by atoms with Gasteiger partial charge in [0.05, 0.1) is 0 Å². The average molecular weight is 246 g/mol. The Bertz CT molecular complexity index is 397. The largest absolute Gasteiger partial charge is 0.383 e. The molecule has 2 aliphatic rings. The van der Waals surface area contributed by atoms with Crippen LogP contribution in [0.2, 0.25) is 0 Å².